The SMILES string of the molecule is CN(Cc1ccccc1)C(O)OCc1ocnc1-c1ccc(O[C@H]2CCC[C@H](C(=O)O)C2)cc1. The van der Waals surface area contributed by atoms with E-state index in [1.54, 1.807) is 11.9 Å². The van der Waals surface area contributed by atoms with E-state index in [4.69, 9.17) is 13.9 Å². The van der Waals surface area contributed by atoms with Crippen LogP contribution < -0.4 is 4.74 Å². The number of aliphatic carboxylic acids is 1. The first-order chi connectivity index (χ1) is 16.5. The van der Waals surface area contributed by atoms with Crippen LogP contribution in [0.3, 0.4) is 0 Å². The van der Waals surface area contributed by atoms with Crippen molar-refractivity contribution in [3.05, 3.63) is 72.3 Å². The molecule has 0 amide bonds. The standard InChI is InChI=1S/C26H30N2O6/c1-28(15-18-6-3-2-4-7-18)26(31)32-16-23-24(27-17-33-23)19-10-12-21(13-11-19)34-22-9-5-8-20(14-22)25(29)30/h2-4,6-7,10-13,17,20,22,26,31H,5,8-9,14-16H2,1H3,(H,29,30)/t20-,22-,26?/m0/s1. The number of benzene rings is 2. The van der Waals surface area contributed by atoms with E-state index in [2.05, 4.69) is 4.98 Å². The summed E-state index contributed by atoms with van der Waals surface area (Å²) in [6.07, 6.45) is 3.12. The lowest BCUT2D eigenvalue weighted by atomic mass is 9.87. The number of carboxylic acid groups (broad SMARTS) is 1. The number of rotatable bonds is 10. The number of aromatic nitrogens is 1. The maximum atomic E-state index is 11.3. The second-order valence-corrected chi connectivity index (χ2v) is 8.63. The van der Waals surface area contributed by atoms with Crippen LogP contribution in [-0.4, -0.2) is 45.6 Å². The molecule has 4 rings (SSSR count). The van der Waals surface area contributed by atoms with Crippen molar-refractivity contribution >= 4 is 5.97 Å². The molecule has 8 nitrogen and oxygen atoms in total. The molecule has 2 aromatic carbocycles. The van der Waals surface area contributed by atoms with Gasteiger partial charge in [0.25, 0.3) is 0 Å². The summed E-state index contributed by atoms with van der Waals surface area (Å²) in [4.78, 5) is 17.3. The van der Waals surface area contributed by atoms with Crippen molar-refractivity contribution in [1.82, 2.24) is 9.88 Å². The normalized spacial score (nSPS) is 19.1. The molecule has 0 aliphatic heterocycles. The van der Waals surface area contributed by atoms with Gasteiger partial charge in [-0.25, -0.2) is 4.98 Å². The molecule has 3 aromatic rings. The number of aliphatic hydroxyl groups is 1. The minimum atomic E-state index is -1.10. The summed E-state index contributed by atoms with van der Waals surface area (Å²) >= 11 is 0. The van der Waals surface area contributed by atoms with Gasteiger partial charge in [-0.2, -0.15) is 0 Å². The van der Waals surface area contributed by atoms with Crippen LogP contribution in [0.15, 0.2) is 65.4 Å². The smallest absolute Gasteiger partial charge is 0.306 e. The number of hydrogen-bond donors (Lipinski definition) is 2. The summed E-state index contributed by atoms with van der Waals surface area (Å²) in [5, 5.41) is 19.6. The van der Waals surface area contributed by atoms with Gasteiger partial charge in [-0.3, -0.25) is 9.69 Å². The van der Waals surface area contributed by atoms with Gasteiger partial charge in [-0.1, -0.05) is 30.3 Å². The van der Waals surface area contributed by atoms with E-state index in [0.29, 0.717) is 36.6 Å². The van der Waals surface area contributed by atoms with Gasteiger partial charge in [-0.05, 0) is 62.6 Å². The Hall–Kier alpha value is -3.20. The molecule has 0 saturated heterocycles. The van der Waals surface area contributed by atoms with Crippen LogP contribution in [-0.2, 0) is 22.7 Å². The highest BCUT2D eigenvalue weighted by atomic mass is 16.6. The Labute approximate surface area is 198 Å². The molecule has 1 saturated carbocycles. The van der Waals surface area contributed by atoms with Gasteiger partial charge < -0.3 is 24.1 Å². The van der Waals surface area contributed by atoms with Crippen LogP contribution >= 0.6 is 0 Å². The fraction of sp³-hybridized carbons (Fsp3) is 0.385. The Bertz CT molecular complexity index is 1050. The summed E-state index contributed by atoms with van der Waals surface area (Å²) in [6, 6.07) is 17.3. The Morgan fingerprint density at radius 1 is 1.18 bits per heavy atom. The van der Waals surface area contributed by atoms with E-state index in [0.717, 1.165) is 24.0 Å². The van der Waals surface area contributed by atoms with E-state index in [1.807, 2.05) is 54.6 Å². The molecule has 180 valence electrons. The zero-order chi connectivity index (χ0) is 23.9. The third-order valence-corrected chi connectivity index (χ3v) is 6.06. The zero-order valence-corrected chi connectivity index (χ0v) is 19.2. The van der Waals surface area contributed by atoms with Gasteiger partial charge >= 0.3 is 5.97 Å². The van der Waals surface area contributed by atoms with Crippen molar-refractivity contribution in [2.45, 2.75) is 51.4 Å². The largest absolute Gasteiger partial charge is 0.490 e. The fourth-order valence-corrected chi connectivity index (χ4v) is 4.20. The van der Waals surface area contributed by atoms with Crippen molar-refractivity contribution in [3.63, 3.8) is 0 Å². The molecule has 0 radical (unpaired) electrons. The van der Waals surface area contributed by atoms with Crippen LogP contribution in [0, 0.1) is 5.92 Å². The first kappa shape index (κ1) is 23.9. The van der Waals surface area contributed by atoms with Crippen molar-refractivity contribution in [2.75, 3.05) is 7.05 Å². The number of carbonyl (C=O) groups is 1. The molecule has 1 aliphatic carbocycles. The van der Waals surface area contributed by atoms with Crippen molar-refractivity contribution < 1.29 is 28.9 Å². The third-order valence-electron chi connectivity index (χ3n) is 6.06. The highest BCUT2D eigenvalue weighted by Gasteiger charge is 2.28. The summed E-state index contributed by atoms with van der Waals surface area (Å²) in [7, 11) is 1.78. The van der Waals surface area contributed by atoms with E-state index in [1.165, 1.54) is 6.39 Å². The van der Waals surface area contributed by atoms with Crippen LogP contribution in [0.25, 0.3) is 11.3 Å². The van der Waals surface area contributed by atoms with Gasteiger partial charge in [-0.15, -0.1) is 0 Å². The van der Waals surface area contributed by atoms with Gasteiger partial charge in [0.1, 0.15) is 18.1 Å². The molecule has 1 aromatic heterocycles. The minimum absolute atomic E-state index is 0.0620. The number of nitrogens with zero attached hydrogens (tertiary/aromatic N) is 2. The number of aliphatic hydroxyl groups excluding tert-OH is 1. The van der Waals surface area contributed by atoms with E-state index in [9.17, 15) is 15.0 Å². The topological polar surface area (TPSA) is 105 Å². The molecule has 8 heteroatoms. The molecule has 34 heavy (non-hydrogen) atoms. The van der Waals surface area contributed by atoms with Crippen LogP contribution in [0.4, 0.5) is 0 Å². The lowest BCUT2D eigenvalue weighted by molar-refractivity contribution is -0.197. The molecule has 0 spiro atoms. The Morgan fingerprint density at radius 2 is 1.94 bits per heavy atom. The van der Waals surface area contributed by atoms with Gasteiger partial charge in [0.2, 0.25) is 6.41 Å². The monoisotopic (exact) mass is 466 g/mol. The molecule has 1 aliphatic rings. The van der Waals surface area contributed by atoms with E-state index < -0.39 is 12.4 Å². The summed E-state index contributed by atoms with van der Waals surface area (Å²) < 4.78 is 17.1. The molecule has 2 N–H and O–H groups in total. The molecule has 3 atom stereocenters. The minimum Gasteiger partial charge on any atom is -0.490 e. The first-order valence-electron chi connectivity index (χ1n) is 11.5. The zero-order valence-electron chi connectivity index (χ0n) is 19.2. The Kier molecular flexibility index (Phi) is 7.95. The van der Waals surface area contributed by atoms with Gasteiger partial charge in [0.05, 0.1) is 12.0 Å². The van der Waals surface area contributed by atoms with Crippen molar-refractivity contribution in [2.24, 2.45) is 5.92 Å². The maximum Gasteiger partial charge on any atom is 0.306 e. The molecule has 1 unspecified atom stereocenters. The summed E-state index contributed by atoms with van der Waals surface area (Å²) in [5.41, 5.74) is 2.54. The second-order valence-electron chi connectivity index (χ2n) is 8.63. The molecule has 1 heterocycles. The highest BCUT2D eigenvalue weighted by molar-refractivity contribution is 5.70. The predicted octanol–water partition coefficient (Wildman–Crippen LogP) is 4.29. The predicted molar refractivity (Wildman–Crippen MR) is 125 cm³/mol. The second kappa shape index (κ2) is 11.3. The molecule has 0 bridgehead atoms. The Balaban J connectivity index is 1.32. The first-order valence-corrected chi connectivity index (χ1v) is 11.5. The van der Waals surface area contributed by atoms with Crippen molar-refractivity contribution in [1.29, 1.82) is 0 Å². The lowest BCUT2D eigenvalue weighted by Gasteiger charge is -2.27. The third kappa shape index (κ3) is 6.22. The average Bonchev–Trinajstić information content (AvgIpc) is 3.32. The van der Waals surface area contributed by atoms with Crippen LogP contribution in [0.2, 0.25) is 0 Å². The summed E-state index contributed by atoms with van der Waals surface area (Å²) in [6.45, 7) is 0.605. The quantitative estimate of drug-likeness (QED) is 0.427. The average molecular weight is 467 g/mol. The fourth-order valence-electron chi connectivity index (χ4n) is 4.20. The number of hydrogen-bond acceptors (Lipinski definition) is 7. The Morgan fingerprint density at radius 3 is 2.68 bits per heavy atom. The number of carboxylic acids is 1. The van der Waals surface area contributed by atoms with Crippen LogP contribution in [0.5, 0.6) is 5.75 Å². The lowest BCUT2D eigenvalue weighted by Crippen LogP contribution is -2.33. The highest BCUT2D eigenvalue weighted by Crippen LogP contribution is 2.30. The maximum absolute atomic E-state index is 11.3. The number of oxazole rings is 1. The molecular weight excluding hydrogens is 436 g/mol. The van der Waals surface area contributed by atoms with E-state index >= 15 is 0 Å². The van der Waals surface area contributed by atoms with Gasteiger partial charge in [0, 0.05) is 12.1 Å². The van der Waals surface area contributed by atoms with Crippen LogP contribution in [0.1, 0.15) is 37.0 Å². The van der Waals surface area contributed by atoms with E-state index in [-0.39, 0.29) is 18.6 Å². The van der Waals surface area contributed by atoms with Crippen molar-refractivity contribution in [3.8, 4) is 17.0 Å². The number of ether oxygens (including phenoxy) is 2. The van der Waals surface area contributed by atoms with Gasteiger partial charge in [0.15, 0.2) is 12.2 Å². The molecular formula is C26H30N2O6. The molecule has 1 fully saturated rings. The summed E-state index contributed by atoms with van der Waals surface area (Å²) in [5.74, 6) is 0.120.